The molecular formula is C17H19N5O4. The van der Waals surface area contributed by atoms with E-state index in [-0.39, 0.29) is 18.6 Å². The van der Waals surface area contributed by atoms with E-state index in [1.807, 2.05) is 0 Å². The molecule has 3 rings (SSSR count). The van der Waals surface area contributed by atoms with Crippen molar-refractivity contribution in [3.8, 4) is 17.2 Å². The predicted molar refractivity (Wildman–Crippen MR) is 91.3 cm³/mol. The van der Waals surface area contributed by atoms with Crippen molar-refractivity contribution >= 4 is 5.97 Å². The standard InChI is InChI=1S/C17H19N5O4/c1-10-14(9-20-22-18)16(26-21-10)15-6-5-13(8-19-15)25-12-4-2-3-11(7-12)17(23)24/h5-6,8,11-12H,2-4,7,9H2,1H3,(H,23,24)/t11-,12-/m0/s1. The zero-order valence-corrected chi connectivity index (χ0v) is 14.3. The number of aryl methyl sites for hydroxylation is 1. The number of hydrogen-bond donors (Lipinski definition) is 1. The van der Waals surface area contributed by atoms with E-state index in [4.69, 9.17) is 19.9 Å². The summed E-state index contributed by atoms with van der Waals surface area (Å²) in [5.74, 6) is -0.0657. The Bertz CT molecular complexity index is 826. The molecule has 0 aromatic carbocycles. The van der Waals surface area contributed by atoms with Gasteiger partial charge in [0.1, 0.15) is 11.4 Å². The zero-order chi connectivity index (χ0) is 18.5. The smallest absolute Gasteiger partial charge is 0.306 e. The van der Waals surface area contributed by atoms with E-state index in [1.165, 1.54) is 0 Å². The minimum absolute atomic E-state index is 0.120. The molecule has 2 aromatic heterocycles. The Labute approximate surface area is 149 Å². The molecule has 0 unspecified atom stereocenters. The second-order valence-electron chi connectivity index (χ2n) is 6.29. The van der Waals surface area contributed by atoms with Gasteiger partial charge in [0.15, 0.2) is 5.76 Å². The first kappa shape index (κ1) is 17.8. The molecule has 136 valence electrons. The van der Waals surface area contributed by atoms with Crippen molar-refractivity contribution in [3.63, 3.8) is 0 Å². The molecule has 0 aliphatic heterocycles. The van der Waals surface area contributed by atoms with Crippen LogP contribution >= 0.6 is 0 Å². The third-order valence-corrected chi connectivity index (χ3v) is 4.52. The molecule has 1 saturated carbocycles. The Hall–Kier alpha value is -3.06. The summed E-state index contributed by atoms with van der Waals surface area (Å²) in [6, 6.07) is 3.51. The van der Waals surface area contributed by atoms with Crippen molar-refractivity contribution in [2.45, 2.75) is 45.3 Å². The second-order valence-corrected chi connectivity index (χ2v) is 6.29. The minimum atomic E-state index is -0.764. The van der Waals surface area contributed by atoms with Crippen molar-refractivity contribution in [2.24, 2.45) is 11.0 Å². The summed E-state index contributed by atoms with van der Waals surface area (Å²) in [7, 11) is 0. The maximum atomic E-state index is 11.1. The highest BCUT2D eigenvalue weighted by molar-refractivity contribution is 5.70. The van der Waals surface area contributed by atoms with Gasteiger partial charge in [0.05, 0.1) is 30.5 Å². The lowest BCUT2D eigenvalue weighted by Crippen LogP contribution is -2.29. The third kappa shape index (κ3) is 3.94. The molecule has 1 aliphatic carbocycles. The van der Waals surface area contributed by atoms with Crippen LogP contribution < -0.4 is 4.74 Å². The lowest BCUT2D eigenvalue weighted by Gasteiger charge is -2.27. The van der Waals surface area contributed by atoms with E-state index in [0.29, 0.717) is 41.3 Å². The van der Waals surface area contributed by atoms with E-state index in [1.54, 1.807) is 25.3 Å². The minimum Gasteiger partial charge on any atom is -0.489 e. The number of ether oxygens (including phenoxy) is 1. The van der Waals surface area contributed by atoms with Crippen LogP contribution in [0.2, 0.25) is 0 Å². The quantitative estimate of drug-likeness (QED) is 0.473. The number of carbonyl (C=O) groups is 1. The molecule has 2 heterocycles. The van der Waals surface area contributed by atoms with E-state index in [9.17, 15) is 4.79 Å². The normalized spacial score (nSPS) is 19.6. The monoisotopic (exact) mass is 357 g/mol. The maximum Gasteiger partial charge on any atom is 0.306 e. The first-order valence-electron chi connectivity index (χ1n) is 8.40. The number of nitrogens with zero attached hydrogens (tertiary/aromatic N) is 5. The lowest BCUT2D eigenvalue weighted by atomic mass is 9.87. The van der Waals surface area contributed by atoms with Gasteiger partial charge in [0, 0.05) is 10.5 Å². The summed E-state index contributed by atoms with van der Waals surface area (Å²) < 4.78 is 11.2. The SMILES string of the molecule is Cc1noc(-c2ccc(O[C@H]3CCC[C@H](C(=O)O)C3)cn2)c1CN=[N+]=[N-]. The number of aromatic nitrogens is 2. The van der Waals surface area contributed by atoms with Crippen molar-refractivity contribution in [1.29, 1.82) is 0 Å². The topological polar surface area (TPSA) is 134 Å². The van der Waals surface area contributed by atoms with Crippen LogP contribution in [0.4, 0.5) is 0 Å². The maximum absolute atomic E-state index is 11.1. The Morgan fingerprint density at radius 1 is 1.50 bits per heavy atom. The summed E-state index contributed by atoms with van der Waals surface area (Å²) in [4.78, 5) is 18.2. The molecule has 1 fully saturated rings. The van der Waals surface area contributed by atoms with Crippen LogP contribution in [-0.2, 0) is 11.3 Å². The summed E-state index contributed by atoms with van der Waals surface area (Å²) >= 11 is 0. The van der Waals surface area contributed by atoms with Crippen LogP contribution in [0.5, 0.6) is 5.75 Å². The van der Waals surface area contributed by atoms with Gasteiger partial charge in [-0.25, -0.2) is 4.98 Å². The van der Waals surface area contributed by atoms with E-state index in [2.05, 4.69) is 20.2 Å². The number of pyridine rings is 1. The van der Waals surface area contributed by atoms with Crippen LogP contribution in [-0.4, -0.2) is 27.3 Å². The number of carboxylic acid groups (broad SMARTS) is 1. The molecule has 0 saturated heterocycles. The average molecular weight is 357 g/mol. The number of azide groups is 1. The van der Waals surface area contributed by atoms with Gasteiger partial charge >= 0.3 is 5.97 Å². The largest absolute Gasteiger partial charge is 0.489 e. The van der Waals surface area contributed by atoms with Crippen molar-refractivity contribution in [2.75, 3.05) is 0 Å². The number of rotatable bonds is 6. The molecule has 26 heavy (non-hydrogen) atoms. The molecule has 9 heteroatoms. The molecule has 0 radical (unpaired) electrons. The van der Waals surface area contributed by atoms with E-state index in [0.717, 1.165) is 12.8 Å². The Morgan fingerprint density at radius 2 is 2.35 bits per heavy atom. The van der Waals surface area contributed by atoms with Gasteiger partial charge in [0.25, 0.3) is 0 Å². The highest BCUT2D eigenvalue weighted by atomic mass is 16.5. The molecule has 2 atom stereocenters. The van der Waals surface area contributed by atoms with Crippen LogP contribution in [0.15, 0.2) is 28.0 Å². The first-order chi connectivity index (χ1) is 12.6. The van der Waals surface area contributed by atoms with Crippen LogP contribution in [0.1, 0.15) is 36.9 Å². The Morgan fingerprint density at radius 3 is 3.04 bits per heavy atom. The second kappa shape index (κ2) is 7.88. The fourth-order valence-electron chi connectivity index (χ4n) is 3.13. The molecule has 1 N–H and O–H groups in total. The summed E-state index contributed by atoms with van der Waals surface area (Å²) in [5.41, 5.74) is 10.4. The van der Waals surface area contributed by atoms with Crippen molar-refractivity contribution in [3.05, 3.63) is 40.0 Å². The molecule has 1 aliphatic rings. The van der Waals surface area contributed by atoms with Gasteiger partial charge in [-0.05, 0) is 50.3 Å². The van der Waals surface area contributed by atoms with E-state index < -0.39 is 5.97 Å². The summed E-state index contributed by atoms with van der Waals surface area (Å²) in [5, 5.41) is 16.6. The van der Waals surface area contributed by atoms with Gasteiger partial charge in [-0.3, -0.25) is 4.79 Å². The Kier molecular flexibility index (Phi) is 5.38. The number of carboxylic acids is 1. The Balaban J connectivity index is 1.71. The van der Waals surface area contributed by atoms with Gasteiger partial charge < -0.3 is 14.4 Å². The molecule has 0 spiro atoms. The van der Waals surface area contributed by atoms with Crippen molar-refractivity contribution in [1.82, 2.24) is 10.1 Å². The number of hydrogen-bond acceptors (Lipinski definition) is 6. The summed E-state index contributed by atoms with van der Waals surface area (Å²) in [6.07, 6.45) is 4.34. The molecule has 0 amide bonds. The highest BCUT2D eigenvalue weighted by Gasteiger charge is 2.28. The van der Waals surface area contributed by atoms with Crippen LogP contribution in [0.25, 0.3) is 21.9 Å². The fourth-order valence-corrected chi connectivity index (χ4v) is 3.13. The zero-order valence-electron chi connectivity index (χ0n) is 14.3. The molecular weight excluding hydrogens is 338 g/mol. The molecule has 0 bridgehead atoms. The summed E-state index contributed by atoms with van der Waals surface area (Å²) in [6.45, 7) is 1.91. The average Bonchev–Trinajstić information content (AvgIpc) is 3.01. The fraction of sp³-hybridized carbons (Fsp3) is 0.471. The molecule has 9 nitrogen and oxygen atoms in total. The third-order valence-electron chi connectivity index (χ3n) is 4.52. The van der Waals surface area contributed by atoms with Gasteiger partial charge in [-0.15, -0.1) is 0 Å². The number of aliphatic carboxylic acids is 1. The lowest BCUT2D eigenvalue weighted by molar-refractivity contribution is -0.143. The van der Waals surface area contributed by atoms with Gasteiger partial charge in [-0.1, -0.05) is 10.3 Å². The van der Waals surface area contributed by atoms with Crippen LogP contribution in [0.3, 0.4) is 0 Å². The van der Waals surface area contributed by atoms with Gasteiger partial charge in [-0.2, -0.15) is 0 Å². The van der Waals surface area contributed by atoms with Gasteiger partial charge in [0.2, 0.25) is 0 Å². The van der Waals surface area contributed by atoms with Crippen molar-refractivity contribution < 1.29 is 19.2 Å². The molecule has 2 aromatic rings. The predicted octanol–water partition coefficient (Wildman–Crippen LogP) is 3.88. The highest BCUT2D eigenvalue weighted by Crippen LogP contribution is 2.30. The first-order valence-corrected chi connectivity index (χ1v) is 8.40. The van der Waals surface area contributed by atoms with Crippen LogP contribution in [0, 0.1) is 12.8 Å². The van der Waals surface area contributed by atoms with E-state index >= 15 is 0 Å².